The summed E-state index contributed by atoms with van der Waals surface area (Å²) in [5.41, 5.74) is 0. The molecule has 0 aliphatic heterocycles. The van der Waals surface area contributed by atoms with Crippen LogP contribution >= 0.6 is 7.82 Å². The molecule has 0 aliphatic rings. The lowest BCUT2D eigenvalue weighted by atomic mass is 10.2. The highest BCUT2D eigenvalue weighted by Crippen LogP contribution is 2.25. The van der Waals surface area contributed by atoms with Crippen LogP contribution in [0.1, 0.15) is 6.42 Å². The van der Waals surface area contributed by atoms with E-state index in [1.165, 1.54) is 0 Å². The topological polar surface area (TPSA) is 156 Å². The van der Waals surface area contributed by atoms with Crippen molar-refractivity contribution in [2.24, 2.45) is 0 Å². The molecule has 14 heavy (non-hydrogen) atoms. The molecule has 0 fully saturated rings. The van der Waals surface area contributed by atoms with Crippen molar-refractivity contribution in [3.63, 3.8) is 0 Å². The van der Waals surface area contributed by atoms with E-state index in [0.717, 1.165) is 0 Å². The maximum atomic E-state index is 9.68. The van der Waals surface area contributed by atoms with Crippen LogP contribution in [0.15, 0.2) is 0 Å². The van der Waals surface area contributed by atoms with Gasteiger partial charge in [-0.15, -0.1) is 0 Å². The highest BCUT2D eigenvalue weighted by Gasteiger charge is 2.13. The Morgan fingerprint density at radius 1 is 1.14 bits per heavy atom. The second-order valence-corrected chi connectivity index (χ2v) is 3.26. The normalized spacial score (nSPS) is 15.0. The Kier molecular flexibility index (Phi) is 9.21. The molecule has 0 aliphatic carbocycles. The molecule has 0 aromatic heterocycles. The highest BCUT2D eigenvalue weighted by atomic mass is 31.2. The predicted molar refractivity (Wildman–Crippen MR) is 44.0 cm³/mol. The lowest BCUT2D eigenvalue weighted by Gasteiger charge is -2.11. The van der Waals surface area contributed by atoms with Gasteiger partial charge in [0.1, 0.15) is 12.4 Å². The Morgan fingerprint density at radius 3 is 1.71 bits per heavy atom. The third-order valence-corrected chi connectivity index (χ3v) is 0.969. The molecule has 0 bridgehead atoms. The lowest BCUT2D eigenvalue weighted by Crippen LogP contribution is -2.29. The van der Waals surface area contributed by atoms with Gasteiger partial charge in [0.25, 0.3) is 0 Å². The zero-order valence-electron chi connectivity index (χ0n) is 7.09. The molecular weight excluding hydrogens is 219 g/mol. The fraction of sp³-hybridized carbons (Fsp3) is 0.800. The van der Waals surface area contributed by atoms with E-state index >= 15 is 0 Å². The number of aliphatic hydroxyl groups is 3. The quantitative estimate of drug-likeness (QED) is 0.227. The molecule has 0 rings (SSSR count). The maximum absolute atomic E-state index is 9.68. The Balaban J connectivity index is 0. The summed E-state index contributed by atoms with van der Waals surface area (Å²) in [7, 11) is -4.64. The average Bonchev–Trinajstić information content (AvgIpc) is 2.00. The van der Waals surface area contributed by atoms with Crippen LogP contribution in [-0.2, 0) is 9.36 Å². The van der Waals surface area contributed by atoms with Gasteiger partial charge in [0.05, 0.1) is 12.7 Å². The first kappa shape index (κ1) is 16.1. The SMILES string of the molecule is O=CC[C@@H](O)[C@H](O)CO.O=P(O)(O)O. The molecule has 2 atom stereocenters. The maximum Gasteiger partial charge on any atom is 0.466 e. The van der Waals surface area contributed by atoms with Crippen LogP contribution < -0.4 is 0 Å². The van der Waals surface area contributed by atoms with Crippen molar-refractivity contribution in [3.05, 3.63) is 0 Å². The Morgan fingerprint density at radius 2 is 1.50 bits per heavy atom. The van der Waals surface area contributed by atoms with Crippen molar-refractivity contribution in [3.8, 4) is 0 Å². The second-order valence-electron chi connectivity index (χ2n) is 2.23. The number of rotatable bonds is 4. The van der Waals surface area contributed by atoms with Crippen LogP contribution in [0.25, 0.3) is 0 Å². The van der Waals surface area contributed by atoms with E-state index < -0.39 is 26.6 Å². The first-order valence-electron chi connectivity index (χ1n) is 3.41. The standard InChI is InChI=1S/C5H10O4.H3O4P/c6-2-1-4(8)5(9)3-7;1-5(2,3)4/h2,4-5,7-9H,1,3H2;(H3,1,2,3,4)/t4-,5-;/m1./s1. The molecule has 0 aromatic carbocycles. The molecule has 0 spiro atoms. The fourth-order valence-corrected chi connectivity index (χ4v) is 0.377. The van der Waals surface area contributed by atoms with Gasteiger partial charge in [-0.2, -0.15) is 0 Å². The van der Waals surface area contributed by atoms with Gasteiger partial charge >= 0.3 is 7.82 Å². The summed E-state index contributed by atoms with van der Waals surface area (Å²) in [6.07, 6.45) is -1.98. The summed E-state index contributed by atoms with van der Waals surface area (Å²) in [6, 6.07) is 0. The lowest BCUT2D eigenvalue weighted by molar-refractivity contribution is -0.111. The number of hydrogen-bond acceptors (Lipinski definition) is 5. The van der Waals surface area contributed by atoms with Gasteiger partial charge in [-0.1, -0.05) is 0 Å². The summed E-state index contributed by atoms with van der Waals surface area (Å²) < 4.78 is 8.88. The molecule has 86 valence electrons. The van der Waals surface area contributed by atoms with Gasteiger partial charge < -0.3 is 34.8 Å². The zero-order valence-corrected chi connectivity index (χ0v) is 7.99. The Labute approximate surface area is 79.7 Å². The third kappa shape index (κ3) is 17.7. The molecule has 0 saturated heterocycles. The second kappa shape index (κ2) is 8.01. The van der Waals surface area contributed by atoms with E-state index in [-0.39, 0.29) is 6.42 Å². The molecule has 6 N–H and O–H groups in total. The summed E-state index contributed by atoms with van der Waals surface area (Å²) in [4.78, 5) is 31.2. The van der Waals surface area contributed by atoms with Gasteiger partial charge in [-0.3, -0.25) is 0 Å². The van der Waals surface area contributed by atoms with E-state index in [9.17, 15) is 4.79 Å². The molecule has 9 heteroatoms. The monoisotopic (exact) mass is 232 g/mol. The van der Waals surface area contributed by atoms with E-state index in [2.05, 4.69) is 0 Å². The molecule has 8 nitrogen and oxygen atoms in total. The van der Waals surface area contributed by atoms with Crippen molar-refractivity contribution in [1.82, 2.24) is 0 Å². The van der Waals surface area contributed by atoms with E-state index in [1.807, 2.05) is 0 Å². The van der Waals surface area contributed by atoms with Crippen molar-refractivity contribution in [2.75, 3.05) is 6.61 Å². The van der Waals surface area contributed by atoms with Crippen LogP contribution in [0.4, 0.5) is 0 Å². The van der Waals surface area contributed by atoms with Gasteiger partial charge in [0.2, 0.25) is 0 Å². The van der Waals surface area contributed by atoms with Crippen molar-refractivity contribution < 1.29 is 39.4 Å². The summed E-state index contributed by atoms with van der Waals surface area (Å²) in [5.74, 6) is 0. The van der Waals surface area contributed by atoms with E-state index in [0.29, 0.717) is 6.29 Å². The number of aliphatic hydroxyl groups excluding tert-OH is 3. The Hall–Kier alpha value is -0.340. The summed E-state index contributed by atoms with van der Waals surface area (Å²) in [6.45, 7) is -0.519. The minimum Gasteiger partial charge on any atom is -0.394 e. The van der Waals surface area contributed by atoms with Crippen molar-refractivity contribution >= 4 is 14.1 Å². The van der Waals surface area contributed by atoms with E-state index in [1.54, 1.807) is 0 Å². The number of phosphoric acid groups is 1. The molecule has 0 radical (unpaired) electrons. The highest BCUT2D eigenvalue weighted by molar-refractivity contribution is 7.45. The van der Waals surface area contributed by atoms with Crippen molar-refractivity contribution in [1.29, 1.82) is 0 Å². The van der Waals surface area contributed by atoms with Gasteiger partial charge in [-0.05, 0) is 0 Å². The number of carbonyl (C=O) groups is 1. The fourth-order valence-electron chi connectivity index (χ4n) is 0.377. The number of aldehydes is 1. The van der Waals surface area contributed by atoms with Gasteiger partial charge in [0.15, 0.2) is 0 Å². The molecular formula is C5H13O8P. The predicted octanol–water partition coefficient (Wildman–Crippen LogP) is -2.64. The summed E-state index contributed by atoms with van der Waals surface area (Å²) >= 11 is 0. The summed E-state index contributed by atoms with van der Waals surface area (Å²) in [5, 5.41) is 25.5. The van der Waals surface area contributed by atoms with Crippen LogP contribution in [0.5, 0.6) is 0 Å². The molecule has 0 heterocycles. The smallest absolute Gasteiger partial charge is 0.394 e. The zero-order chi connectivity index (χ0) is 11.8. The first-order valence-corrected chi connectivity index (χ1v) is 4.97. The molecule has 0 aromatic rings. The molecule has 0 unspecified atom stereocenters. The first-order chi connectivity index (χ1) is 6.22. The number of hydrogen-bond donors (Lipinski definition) is 6. The van der Waals surface area contributed by atoms with Crippen molar-refractivity contribution in [2.45, 2.75) is 18.6 Å². The van der Waals surface area contributed by atoms with Crippen LogP contribution in [-0.4, -0.2) is 55.1 Å². The van der Waals surface area contributed by atoms with Crippen LogP contribution in [0, 0.1) is 0 Å². The minimum atomic E-state index is -4.64. The average molecular weight is 232 g/mol. The third-order valence-electron chi connectivity index (χ3n) is 0.969. The minimum absolute atomic E-state index is 0.137. The molecule has 0 saturated carbocycles. The van der Waals surface area contributed by atoms with Gasteiger partial charge in [-0.25, -0.2) is 4.57 Å². The van der Waals surface area contributed by atoms with Gasteiger partial charge in [0, 0.05) is 6.42 Å². The van der Waals surface area contributed by atoms with Crippen LogP contribution in [0.2, 0.25) is 0 Å². The van der Waals surface area contributed by atoms with Crippen LogP contribution in [0.3, 0.4) is 0 Å². The number of carbonyl (C=O) groups excluding carboxylic acids is 1. The van der Waals surface area contributed by atoms with E-state index in [4.69, 9.17) is 34.6 Å². The Bertz CT molecular complexity index is 180. The largest absolute Gasteiger partial charge is 0.466 e. The molecule has 0 amide bonds.